The Hall–Kier alpha value is 0.260. The van der Waals surface area contributed by atoms with Crippen LogP contribution in [0.15, 0.2) is 0 Å². The number of ether oxygens (including phenoxy) is 1. The Balaban J connectivity index is 0. The van der Waals surface area contributed by atoms with Gasteiger partial charge in [0, 0.05) is 6.92 Å². The molecule has 0 radical (unpaired) electrons. The van der Waals surface area contributed by atoms with Crippen LogP contribution in [0.25, 0.3) is 0 Å². The maximum Gasteiger partial charge on any atom is 0.302 e. The largest absolute Gasteiger partial charge is 0.469 e. The average Bonchev–Trinajstić information content (AvgIpc) is 1.65. The number of thiol groups is 2. The Morgan fingerprint density at radius 1 is 1.56 bits per heavy atom. The molecule has 0 aliphatic heterocycles. The van der Waals surface area contributed by atoms with Crippen LogP contribution in [0.1, 0.15) is 6.92 Å². The number of hydrogen-bond donors (Lipinski definition) is 2. The molecule has 0 N–H and O–H groups in total. The first-order valence-electron chi connectivity index (χ1n) is 1.97. The molecule has 0 rings (SSSR count). The fraction of sp³-hybridized carbons (Fsp3) is 0.500. The normalized spacial score (nSPS) is 6.67. The standard InChI is InChI=1S/C3H6O2.CH2S3/c1-3(4)5-2;2-1(3)4/h1-2H3;(H2,2,3,4). The molecule has 0 saturated heterocycles. The number of carbonyl (C=O) groups excluding carboxylic acids is 1. The topological polar surface area (TPSA) is 26.3 Å². The minimum absolute atomic E-state index is 0.245. The molecular weight excluding hydrogens is 176 g/mol. The van der Waals surface area contributed by atoms with E-state index in [1.165, 1.54) is 14.0 Å². The maximum absolute atomic E-state index is 9.59. The van der Waals surface area contributed by atoms with Gasteiger partial charge in [-0.3, -0.25) is 4.79 Å². The molecule has 0 aromatic carbocycles. The van der Waals surface area contributed by atoms with Crippen molar-refractivity contribution in [3.8, 4) is 0 Å². The van der Waals surface area contributed by atoms with Crippen LogP contribution in [0.5, 0.6) is 0 Å². The summed E-state index contributed by atoms with van der Waals surface area (Å²) >= 11 is 11.4. The van der Waals surface area contributed by atoms with E-state index in [1.54, 1.807) is 0 Å². The second-order valence-electron chi connectivity index (χ2n) is 0.978. The van der Waals surface area contributed by atoms with Crippen molar-refractivity contribution < 1.29 is 9.53 Å². The van der Waals surface area contributed by atoms with E-state index in [1.807, 2.05) is 0 Å². The van der Waals surface area contributed by atoms with E-state index in [0.29, 0.717) is 3.53 Å². The lowest BCUT2D eigenvalue weighted by Crippen LogP contribution is -1.88. The molecule has 0 heterocycles. The minimum atomic E-state index is -0.245. The van der Waals surface area contributed by atoms with Crippen LogP contribution in [-0.4, -0.2) is 16.6 Å². The zero-order valence-corrected chi connectivity index (χ0v) is 7.72. The van der Waals surface area contributed by atoms with Gasteiger partial charge in [-0.2, -0.15) is 0 Å². The molecule has 0 atom stereocenters. The molecular formula is C4H8O2S3. The lowest BCUT2D eigenvalue weighted by molar-refractivity contribution is -0.137. The number of rotatable bonds is 0. The van der Waals surface area contributed by atoms with Gasteiger partial charge in [0.25, 0.3) is 0 Å². The Labute approximate surface area is 70.8 Å². The van der Waals surface area contributed by atoms with Crippen LogP contribution < -0.4 is 0 Å². The van der Waals surface area contributed by atoms with Crippen LogP contribution in [-0.2, 0) is 9.53 Å². The highest BCUT2D eigenvalue weighted by molar-refractivity contribution is 8.34. The van der Waals surface area contributed by atoms with Crippen LogP contribution >= 0.6 is 37.5 Å². The third-order valence-corrected chi connectivity index (χ3v) is 0.287. The average molecular weight is 184 g/mol. The molecule has 0 amide bonds. The number of methoxy groups -OCH3 is 1. The van der Waals surface area contributed by atoms with E-state index in [9.17, 15) is 4.79 Å². The van der Waals surface area contributed by atoms with E-state index in [-0.39, 0.29) is 5.97 Å². The van der Waals surface area contributed by atoms with Gasteiger partial charge in [0.05, 0.1) is 10.6 Å². The fourth-order valence-corrected chi connectivity index (χ4v) is 0. The fourth-order valence-electron chi connectivity index (χ4n) is 0. The van der Waals surface area contributed by atoms with Crippen LogP contribution in [0, 0.1) is 0 Å². The van der Waals surface area contributed by atoms with Crippen molar-refractivity contribution in [3.63, 3.8) is 0 Å². The summed E-state index contributed by atoms with van der Waals surface area (Å²) < 4.78 is 4.50. The third-order valence-electron chi connectivity index (χ3n) is 0.287. The van der Waals surface area contributed by atoms with E-state index in [2.05, 4.69) is 42.2 Å². The molecule has 0 unspecified atom stereocenters. The lowest BCUT2D eigenvalue weighted by Gasteiger charge is -1.80. The van der Waals surface area contributed by atoms with E-state index in [0.717, 1.165) is 0 Å². The summed E-state index contributed by atoms with van der Waals surface area (Å²) in [5.41, 5.74) is 0. The number of thiocarbonyl (C=S) groups is 1. The maximum atomic E-state index is 9.59. The van der Waals surface area contributed by atoms with Crippen molar-refractivity contribution in [3.05, 3.63) is 0 Å². The second kappa shape index (κ2) is 8.26. The first-order chi connectivity index (χ1) is 4.00. The van der Waals surface area contributed by atoms with Crippen LogP contribution in [0.3, 0.4) is 0 Å². The molecule has 2 nitrogen and oxygen atoms in total. The third kappa shape index (κ3) is 63.4. The number of esters is 1. The molecule has 9 heavy (non-hydrogen) atoms. The van der Waals surface area contributed by atoms with Gasteiger partial charge >= 0.3 is 5.97 Å². The molecule has 0 fully saturated rings. The smallest absolute Gasteiger partial charge is 0.302 e. The van der Waals surface area contributed by atoms with Crippen molar-refractivity contribution >= 4 is 47.0 Å². The zero-order chi connectivity index (χ0) is 7.86. The molecule has 54 valence electrons. The molecule has 0 spiro atoms. The van der Waals surface area contributed by atoms with Gasteiger partial charge in [0.15, 0.2) is 0 Å². The Morgan fingerprint density at radius 3 is 1.67 bits per heavy atom. The molecule has 0 aliphatic rings. The van der Waals surface area contributed by atoms with Crippen molar-refractivity contribution in [2.45, 2.75) is 6.92 Å². The number of hydrogen-bond acceptors (Lipinski definition) is 3. The summed E-state index contributed by atoms with van der Waals surface area (Å²) in [7, 11) is 1.35. The molecule has 0 saturated carbocycles. The van der Waals surface area contributed by atoms with Crippen LogP contribution in [0.2, 0.25) is 0 Å². The van der Waals surface area contributed by atoms with Gasteiger partial charge in [-0.25, -0.2) is 0 Å². The minimum Gasteiger partial charge on any atom is -0.469 e. The van der Waals surface area contributed by atoms with Crippen molar-refractivity contribution in [2.75, 3.05) is 7.11 Å². The molecule has 5 heteroatoms. The monoisotopic (exact) mass is 184 g/mol. The first kappa shape index (κ1) is 12.0. The Morgan fingerprint density at radius 2 is 1.67 bits per heavy atom. The van der Waals surface area contributed by atoms with Crippen molar-refractivity contribution in [1.29, 1.82) is 0 Å². The molecule has 0 aromatic heterocycles. The number of carbonyl (C=O) groups is 1. The highest BCUT2D eigenvalue weighted by Crippen LogP contribution is 1.83. The predicted molar refractivity (Wildman–Crippen MR) is 48.3 cm³/mol. The summed E-state index contributed by atoms with van der Waals surface area (Å²) in [6.45, 7) is 1.36. The Bertz CT molecular complexity index is 98.0. The van der Waals surface area contributed by atoms with Gasteiger partial charge in [-0.1, -0.05) is 12.2 Å². The molecule has 0 aliphatic carbocycles. The van der Waals surface area contributed by atoms with Gasteiger partial charge in [0.2, 0.25) is 0 Å². The van der Waals surface area contributed by atoms with Crippen molar-refractivity contribution in [2.24, 2.45) is 0 Å². The molecule has 0 bridgehead atoms. The summed E-state index contributed by atoms with van der Waals surface area (Å²) in [5, 5.41) is 0. The quantitative estimate of drug-likeness (QED) is 0.337. The highest BCUT2D eigenvalue weighted by Gasteiger charge is 1.75. The van der Waals surface area contributed by atoms with Gasteiger partial charge in [-0.05, 0) is 0 Å². The van der Waals surface area contributed by atoms with E-state index >= 15 is 0 Å². The van der Waals surface area contributed by atoms with Gasteiger partial charge in [0.1, 0.15) is 0 Å². The van der Waals surface area contributed by atoms with Crippen LogP contribution in [0.4, 0.5) is 0 Å². The summed E-state index contributed by atoms with van der Waals surface area (Å²) in [4.78, 5) is 9.59. The lowest BCUT2D eigenvalue weighted by atomic mass is 10.8. The summed E-state index contributed by atoms with van der Waals surface area (Å²) in [5.74, 6) is -0.245. The SMILES string of the molecule is COC(C)=O.S=C(S)S. The summed E-state index contributed by atoms with van der Waals surface area (Å²) in [6.07, 6.45) is 0. The Kier molecular flexibility index (Phi) is 11.0. The molecule has 0 aromatic rings. The van der Waals surface area contributed by atoms with Gasteiger partial charge < -0.3 is 4.74 Å². The van der Waals surface area contributed by atoms with E-state index in [4.69, 9.17) is 0 Å². The van der Waals surface area contributed by atoms with Crippen molar-refractivity contribution in [1.82, 2.24) is 0 Å². The first-order valence-corrected chi connectivity index (χ1v) is 3.27. The second-order valence-corrected chi connectivity index (χ2v) is 3.24. The summed E-state index contributed by atoms with van der Waals surface area (Å²) in [6, 6.07) is 0. The highest BCUT2D eigenvalue weighted by atomic mass is 32.2. The predicted octanol–water partition coefficient (Wildman–Crippen LogP) is 1.31. The van der Waals surface area contributed by atoms with Gasteiger partial charge in [-0.15, -0.1) is 25.3 Å². The zero-order valence-electron chi connectivity index (χ0n) is 5.12. The van der Waals surface area contributed by atoms with E-state index < -0.39 is 0 Å².